The Kier molecular flexibility index (Phi) is 26.3. The molecule has 0 aromatic heterocycles. The first-order valence-electron chi connectivity index (χ1n) is 16.4. The van der Waals surface area contributed by atoms with Crippen LogP contribution >= 0.6 is 7.82 Å². The van der Waals surface area contributed by atoms with E-state index in [0.29, 0.717) is 24.1 Å². The minimum absolute atomic E-state index is 0.0888. The number of rotatable bonds is 30. The number of quaternary nitrogens is 1. The van der Waals surface area contributed by atoms with E-state index in [0.717, 1.165) is 38.5 Å². The van der Waals surface area contributed by atoms with Gasteiger partial charge in [0.25, 0.3) is 0 Å². The van der Waals surface area contributed by atoms with Crippen LogP contribution in [0.2, 0.25) is 0 Å². The maximum Gasteiger partial charge on any atom is 0.472 e. The second-order valence-electron chi connectivity index (χ2n) is 12.2. The minimum Gasteiger partial charge on any atom is -0.457 e. The zero-order valence-corrected chi connectivity index (χ0v) is 28.2. The van der Waals surface area contributed by atoms with Gasteiger partial charge in [-0.3, -0.25) is 13.8 Å². The van der Waals surface area contributed by atoms with Crippen molar-refractivity contribution in [3.63, 3.8) is 0 Å². The monoisotopic (exact) mass is 606 g/mol. The molecule has 0 spiro atoms. The summed E-state index contributed by atoms with van der Waals surface area (Å²) in [5.74, 6) is -0.334. The largest absolute Gasteiger partial charge is 0.472 e. The maximum absolute atomic E-state index is 12.3. The lowest BCUT2D eigenvalue weighted by Gasteiger charge is -2.24. The number of esters is 1. The van der Waals surface area contributed by atoms with E-state index in [1.54, 1.807) is 0 Å². The summed E-state index contributed by atoms with van der Waals surface area (Å²) in [7, 11) is 1.66. The van der Waals surface area contributed by atoms with Crippen molar-refractivity contribution < 1.29 is 37.3 Å². The molecule has 0 fully saturated rings. The fourth-order valence-corrected chi connectivity index (χ4v) is 4.93. The van der Waals surface area contributed by atoms with E-state index in [2.05, 4.69) is 26.0 Å². The maximum atomic E-state index is 12.3. The Morgan fingerprint density at radius 1 is 0.732 bits per heavy atom. The van der Waals surface area contributed by atoms with Crippen LogP contribution in [0.25, 0.3) is 0 Å². The van der Waals surface area contributed by atoms with Crippen LogP contribution in [0, 0.1) is 0 Å². The van der Waals surface area contributed by atoms with Crippen LogP contribution in [0.4, 0.5) is 0 Å². The summed E-state index contributed by atoms with van der Waals surface area (Å²) in [6.45, 7) is 5.47. The molecule has 0 rings (SSSR count). The second kappa shape index (κ2) is 26.8. The van der Waals surface area contributed by atoms with Gasteiger partial charge in [0.1, 0.15) is 19.3 Å². The van der Waals surface area contributed by atoms with Gasteiger partial charge in [0.2, 0.25) is 0 Å². The highest BCUT2D eigenvalue weighted by molar-refractivity contribution is 7.47. The van der Waals surface area contributed by atoms with E-state index >= 15 is 0 Å². The molecule has 41 heavy (non-hydrogen) atoms. The molecule has 0 aliphatic carbocycles. The first-order chi connectivity index (χ1) is 19.6. The minimum atomic E-state index is -4.24. The third-order valence-electron chi connectivity index (χ3n) is 6.83. The average molecular weight is 607 g/mol. The molecular formula is C32H65NO7P+. The summed E-state index contributed by atoms with van der Waals surface area (Å²) >= 11 is 0. The molecule has 8 nitrogen and oxygen atoms in total. The van der Waals surface area contributed by atoms with Crippen molar-refractivity contribution in [1.29, 1.82) is 0 Å². The first-order valence-corrected chi connectivity index (χ1v) is 17.9. The average Bonchev–Trinajstić information content (AvgIpc) is 2.90. The van der Waals surface area contributed by atoms with Gasteiger partial charge in [-0.15, -0.1) is 0 Å². The fourth-order valence-electron chi connectivity index (χ4n) is 4.19. The molecule has 0 bridgehead atoms. The number of ether oxygens (including phenoxy) is 2. The van der Waals surface area contributed by atoms with E-state index in [-0.39, 0.29) is 25.8 Å². The lowest BCUT2D eigenvalue weighted by atomic mass is 10.1. The summed E-state index contributed by atoms with van der Waals surface area (Å²) in [6, 6.07) is 0. The summed E-state index contributed by atoms with van der Waals surface area (Å²) in [5.41, 5.74) is 0. The standard InChI is InChI=1S/C32H64NO7P/c1-6-8-10-12-13-14-15-16-17-18-19-20-21-22-24-27-37-29-31(40-32(34)25-23-11-9-7-2)30-39-41(35,36)38-28-26-33(3,4)5/h15-16,31H,6-14,17-30H2,1-5H3/p+1/b16-15-. The highest BCUT2D eigenvalue weighted by atomic mass is 31.2. The third kappa shape index (κ3) is 30.5. The number of carbonyl (C=O) groups is 1. The Morgan fingerprint density at radius 2 is 1.27 bits per heavy atom. The van der Waals surface area contributed by atoms with Crippen molar-refractivity contribution in [2.75, 3.05) is 54.1 Å². The number of nitrogens with zero attached hydrogens (tertiary/aromatic N) is 1. The summed E-state index contributed by atoms with van der Waals surface area (Å²) in [6.07, 6.45) is 24.3. The van der Waals surface area contributed by atoms with Gasteiger partial charge in [-0.2, -0.15) is 0 Å². The Balaban J connectivity index is 4.16. The molecule has 0 saturated heterocycles. The predicted octanol–water partition coefficient (Wildman–Crippen LogP) is 8.37. The van der Waals surface area contributed by atoms with Crippen LogP contribution in [0.15, 0.2) is 12.2 Å². The molecule has 0 aromatic carbocycles. The molecule has 0 radical (unpaired) electrons. The lowest BCUT2D eigenvalue weighted by molar-refractivity contribution is -0.870. The van der Waals surface area contributed by atoms with Gasteiger partial charge in [0, 0.05) is 13.0 Å². The quantitative estimate of drug-likeness (QED) is 0.0289. The number of allylic oxidation sites excluding steroid dienone is 2. The molecule has 0 aromatic rings. The fraction of sp³-hybridized carbons (Fsp3) is 0.906. The van der Waals surface area contributed by atoms with Crippen molar-refractivity contribution in [3.8, 4) is 0 Å². The highest BCUT2D eigenvalue weighted by Crippen LogP contribution is 2.43. The second-order valence-corrected chi connectivity index (χ2v) is 13.6. The Morgan fingerprint density at radius 3 is 1.85 bits per heavy atom. The topological polar surface area (TPSA) is 91.3 Å². The van der Waals surface area contributed by atoms with Crippen LogP contribution in [-0.2, 0) is 27.9 Å². The van der Waals surface area contributed by atoms with Gasteiger partial charge in [0.15, 0.2) is 0 Å². The van der Waals surface area contributed by atoms with Gasteiger partial charge in [-0.05, 0) is 38.5 Å². The van der Waals surface area contributed by atoms with E-state index in [1.807, 2.05) is 21.1 Å². The van der Waals surface area contributed by atoms with Crippen molar-refractivity contribution in [3.05, 3.63) is 12.2 Å². The van der Waals surface area contributed by atoms with E-state index in [4.69, 9.17) is 18.5 Å². The number of carbonyl (C=O) groups excluding carboxylic acids is 1. The van der Waals surface area contributed by atoms with Crippen LogP contribution < -0.4 is 0 Å². The van der Waals surface area contributed by atoms with E-state index in [9.17, 15) is 14.3 Å². The molecule has 244 valence electrons. The molecule has 0 saturated carbocycles. The smallest absolute Gasteiger partial charge is 0.457 e. The van der Waals surface area contributed by atoms with Crippen molar-refractivity contribution >= 4 is 13.8 Å². The van der Waals surface area contributed by atoms with E-state index in [1.165, 1.54) is 70.6 Å². The van der Waals surface area contributed by atoms with Crippen LogP contribution in [0.1, 0.15) is 129 Å². The lowest BCUT2D eigenvalue weighted by Crippen LogP contribution is -2.37. The van der Waals surface area contributed by atoms with Gasteiger partial charge < -0.3 is 18.9 Å². The molecule has 1 N–H and O–H groups in total. The van der Waals surface area contributed by atoms with Crippen molar-refractivity contribution in [2.24, 2.45) is 0 Å². The third-order valence-corrected chi connectivity index (χ3v) is 7.81. The van der Waals surface area contributed by atoms with Gasteiger partial charge >= 0.3 is 13.8 Å². The van der Waals surface area contributed by atoms with Crippen LogP contribution in [-0.4, -0.2) is 75.6 Å². The number of phosphoric ester groups is 1. The zero-order chi connectivity index (χ0) is 30.7. The molecule has 0 aliphatic rings. The number of unbranched alkanes of at least 4 members (excludes halogenated alkanes) is 14. The molecule has 2 unspecified atom stereocenters. The van der Waals surface area contributed by atoms with Crippen LogP contribution in [0.5, 0.6) is 0 Å². The Hall–Kier alpha value is -0.760. The van der Waals surface area contributed by atoms with Gasteiger partial charge in [-0.25, -0.2) is 4.57 Å². The van der Waals surface area contributed by atoms with Crippen molar-refractivity contribution in [2.45, 2.75) is 136 Å². The first kappa shape index (κ1) is 40.2. The SMILES string of the molecule is CCCCCCC/C=C\CCCCCCCCOCC(COP(=O)(O)OCC[N+](C)(C)C)OC(=O)CCCCCC. The number of hydrogen-bond donors (Lipinski definition) is 1. The number of phosphoric acid groups is 1. The molecule has 0 amide bonds. The number of likely N-dealkylation sites (N-methyl/N-ethyl adjacent to an activating group) is 1. The molecule has 9 heteroatoms. The summed E-state index contributed by atoms with van der Waals surface area (Å²) in [4.78, 5) is 22.3. The molecule has 0 heterocycles. The van der Waals surface area contributed by atoms with Crippen molar-refractivity contribution in [1.82, 2.24) is 0 Å². The van der Waals surface area contributed by atoms with Gasteiger partial charge in [-0.1, -0.05) is 96.6 Å². The predicted molar refractivity (Wildman–Crippen MR) is 169 cm³/mol. The normalized spacial score (nSPS) is 14.4. The highest BCUT2D eigenvalue weighted by Gasteiger charge is 2.26. The zero-order valence-electron chi connectivity index (χ0n) is 27.3. The van der Waals surface area contributed by atoms with Gasteiger partial charge in [0.05, 0.1) is 34.4 Å². The molecule has 2 atom stereocenters. The Bertz CT molecular complexity index is 681. The Labute approximate surface area is 252 Å². The van der Waals surface area contributed by atoms with E-state index < -0.39 is 13.9 Å². The summed E-state index contributed by atoms with van der Waals surface area (Å²) in [5, 5.41) is 0. The van der Waals surface area contributed by atoms with Crippen LogP contribution in [0.3, 0.4) is 0 Å². The summed E-state index contributed by atoms with van der Waals surface area (Å²) < 4.78 is 34.4. The molecular weight excluding hydrogens is 541 g/mol. The molecule has 0 aliphatic heterocycles. The number of hydrogen-bond acceptors (Lipinski definition) is 6.